The Hall–Kier alpha value is -2.54. The number of rotatable bonds is 6. The van der Waals surface area contributed by atoms with Crippen molar-refractivity contribution in [2.24, 2.45) is 0 Å². The molecular weight excluding hydrogens is 352 g/mol. The van der Waals surface area contributed by atoms with Gasteiger partial charge in [0.15, 0.2) is 0 Å². The number of carbonyl (C=O) groups is 1. The average molecular weight is 374 g/mol. The molecule has 0 aliphatic heterocycles. The molecule has 0 saturated carbocycles. The Labute approximate surface area is 157 Å². The van der Waals surface area contributed by atoms with E-state index < -0.39 is 11.7 Å². The van der Waals surface area contributed by atoms with Crippen LogP contribution in [0, 0.1) is 10.1 Å². The summed E-state index contributed by atoms with van der Waals surface area (Å²) >= 11 is 1.65. The Kier molecular flexibility index (Phi) is 6.63. The highest BCUT2D eigenvalue weighted by Crippen LogP contribution is 2.22. The molecule has 2 rings (SSSR count). The summed E-state index contributed by atoms with van der Waals surface area (Å²) < 4.78 is 5.24. The number of nitrogens with zero attached hydrogens (tertiary/aromatic N) is 1. The van der Waals surface area contributed by atoms with Crippen molar-refractivity contribution >= 4 is 29.2 Å². The van der Waals surface area contributed by atoms with Gasteiger partial charge < -0.3 is 4.74 Å². The van der Waals surface area contributed by atoms with E-state index in [1.807, 2.05) is 45.0 Å². The van der Waals surface area contributed by atoms with Crippen LogP contribution in [0.15, 0.2) is 48.5 Å². The molecular formula is C19H22N2O4S. The number of anilines is 1. The lowest BCUT2D eigenvalue weighted by Gasteiger charge is -2.19. The van der Waals surface area contributed by atoms with Crippen molar-refractivity contribution in [1.29, 1.82) is 0 Å². The minimum atomic E-state index is -0.546. The van der Waals surface area contributed by atoms with Crippen LogP contribution in [0.4, 0.5) is 16.2 Å². The first-order chi connectivity index (χ1) is 12.2. The highest BCUT2D eigenvalue weighted by molar-refractivity contribution is 7.97. The zero-order chi connectivity index (χ0) is 19.2. The van der Waals surface area contributed by atoms with E-state index in [1.54, 1.807) is 30.0 Å². The van der Waals surface area contributed by atoms with Crippen molar-refractivity contribution in [2.45, 2.75) is 37.9 Å². The molecule has 0 aromatic heterocycles. The zero-order valence-corrected chi connectivity index (χ0v) is 15.8. The molecule has 1 N–H and O–H groups in total. The van der Waals surface area contributed by atoms with Crippen LogP contribution in [0.3, 0.4) is 0 Å². The van der Waals surface area contributed by atoms with Crippen LogP contribution in [-0.4, -0.2) is 16.6 Å². The third-order valence-electron chi connectivity index (χ3n) is 3.23. The van der Waals surface area contributed by atoms with Gasteiger partial charge in [0, 0.05) is 29.3 Å². The maximum atomic E-state index is 11.8. The number of carbonyl (C=O) groups excluding carboxylic acids is 1. The first-order valence-corrected chi connectivity index (χ1v) is 9.28. The quantitative estimate of drug-likeness (QED) is 0.542. The van der Waals surface area contributed by atoms with Gasteiger partial charge in [-0.1, -0.05) is 24.3 Å². The number of nitro benzene ring substituents is 1. The van der Waals surface area contributed by atoms with Gasteiger partial charge >= 0.3 is 6.09 Å². The number of thioether (sulfide) groups is 1. The third kappa shape index (κ3) is 6.76. The van der Waals surface area contributed by atoms with E-state index in [0.29, 0.717) is 11.4 Å². The molecule has 7 heteroatoms. The fraction of sp³-hybridized carbons (Fsp3) is 0.316. The molecule has 0 aliphatic carbocycles. The Bertz CT molecular complexity index is 787. The van der Waals surface area contributed by atoms with E-state index >= 15 is 0 Å². The normalized spacial score (nSPS) is 11.0. The van der Waals surface area contributed by atoms with Crippen molar-refractivity contribution in [2.75, 3.05) is 5.32 Å². The number of amides is 1. The summed E-state index contributed by atoms with van der Waals surface area (Å²) in [6.45, 7) is 5.44. The van der Waals surface area contributed by atoms with Crippen LogP contribution in [0.25, 0.3) is 0 Å². The first-order valence-electron chi connectivity index (χ1n) is 8.13. The molecule has 0 unspecified atom stereocenters. The fourth-order valence-electron chi connectivity index (χ4n) is 2.21. The topological polar surface area (TPSA) is 81.5 Å². The summed E-state index contributed by atoms with van der Waals surface area (Å²) in [5.41, 5.74) is 2.19. The number of non-ortho nitro benzene ring substituents is 1. The maximum absolute atomic E-state index is 11.8. The highest BCUT2D eigenvalue weighted by Gasteiger charge is 2.16. The van der Waals surface area contributed by atoms with Crippen LogP contribution in [0.2, 0.25) is 0 Å². The lowest BCUT2D eigenvalue weighted by Crippen LogP contribution is -2.27. The van der Waals surface area contributed by atoms with E-state index in [0.717, 1.165) is 16.9 Å². The monoisotopic (exact) mass is 374 g/mol. The second-order valence-electron chi connectivity index (χ2n) is 6.75. The summed E-state index contributed by atoms with van der Waals surface area (Å²) in [6, 6.07) is 14.2. The Morgan fingerprint density at radius 1 is 1.12 bits per heavy atom. The van der Waals surface area contributed by atoms with Crippen LogP contribution in [0.5, 0.6) is 0 Å². The van der Waals surface area contributed by atoms with Crippen LogP contribution in [-0.2, 0) is 16.2 Å². The lowest BCUT2D eigenvalue weighted by atomic mass is 10.2. The van der Waals surface area contributed by atoms with Gasteiger partial charge in [0.25, 0.3) is 5.69 Å². The molecule has 0 radical (unpaired) electrons. The molecule has 6 nitrogen and oxygen atoms in total. The molecule has 0 atom stereocenters. The molecule has 2 aromatic carbocycles. The van der Waals surface area contributed by atoms with Gasteiger partial charge in [-0.05, 0) is 44.0 Å². The smallest absolute Gasteiger partial charge is 0.412 e. The van der Waals surface area contributed by atoms with Gasteiger partial charge in [-0.3, -0.25) is 15.4 Å². The molecule has 0 saturated heterocycles. The second kappa shape index (κ2) is 8.71. The molecule has 0 heterocycles. The van der Waals surface area contributed by atoms with E-state index in [4.69, 9.17) is 4.74 Å². The SMILES string of the molecule is CC(C)(C)OC(=O)Nc1cccc(CSCc2cccc([N+](=O)[O-])c2)c1. The number of hydrogen-bond acceptors (Lipinski definition) is 5. The summed E-state index contributed by atoms with van der Waals surface area (Å²) in [6.07, 6.45) is -0.487. The Balaban J connectivity index is 1.89. The minimum absolute atomic E-state index is 0.103. The number of benzene rings is 2. The van der Waals surface area contributed by atoms with E-state index in [1.165, 1.54) is 6.07 Å². The van der Waals surface area contributed by atoms with E-state index in [9.17, 15) is 14.9 Å². The summed E-state index contributed by atoms with van der Waals surface area (Å²) in [5.74, 6) is 1.40. The van der Waals surface area contributed by atoms with E-state index in [-0.39, 0.29) is 10.6 Å². The Morgan fingerprint density at radius 2 is 1.73 bits per heavy atom. The molecule has 26 heavy (non-hydrogen) atoms. The second-order valence-corrected chi connectivity index (χ2v) is 7.73. The number of nitrogens with one attached hydrogen (secondary N) is 1. The van der Waals surface area contributed by atoms with Crippen molar-refractivity contribution in [1.82, 2.24) is 0 Å². The van der Waals surface area contributed by atoms with Crippen molar-refractivity contribution < 1.29 is 14.5 Å². The largest absolute Gasteiger partial charge is 0.444 e. The molecule has 0 fully saturated rings. The number of ether oxygens (including phenoxy) is 1. The summed E-state index contributed by atoms with van der Waals surface area (Å²) in [4.78, 5) is 22.3. The first kappa shape index (κ1) is 19.8. The molecule has 2 aromatic rings. The molecule has 0 spiro atoms. The Morgan fingerprint density at radius 3 is 2.35 bits per heavy atom. The van der Waals surface area contributed by atoms with Gasteiger partial charge in [-0.15, -0.1) is 0 Å². The van der Waals surface area contributed by atoms with Crippen molar-refractivity contribution in [3.63, 3.8) is 0 Å². The third-order valence-corrected chi connectivity index (χ3v) is 4.31. The molecule has 0 aliphatic rings. The van der Waals surface area contributed by atoms with Gasteiger partial charge in [0.1, 0.15) is 5.60 Å². The zero-order valence-electron chi connectivity index (χ0n) is 15.0. The average Bonchev–Trinajstić information content (AvgIpc) is 2.53. The predicted octanol–water partition coefficient (Wildman–Crippen LogP) is 5.38. The molecule has 0 bridgehead atoms. The fourth-order valence-corrected chi connectivity index (χ4v) is 3.14. The van der Waals surface area contributed by atoms with Crippen molar-refractivity contribution in [3.8, 4) is 0 Å². The standard InChI is InChI=1S/C19H22N2O4S/c1-19(2,3)25-18(22)20-16-8-4-6-14(10-16)12-26-13-15-7-5-9-17(11-15)21(23)24/h4-11H,12-13H2,1-3H3,(H,20,22). The highest BCUT2D eigenvalue weighted by atomic mass is 32.2. The maximum Gasteiger partial charge on any atom is 0.412 e. The minimum Gasteiger partial charge on any atom is -0.444 e. The van der Waals surface area contributed by atoms with Crippen LogP contribution < -0.4 is 5.32 Å². The van der Waals surface area contributed by atoms with E-state index in [2.05, 4.69) is 5.32 Å². The molecule has 1 amide bonds. The van der Waals surface area contributed by atoms with Gasteiger partial charge in [0.05, 0.1) is 4.92 Å². The van der Waals surface area contributed by atoms with Gasteiger partial charge in [0.2, 0.25) is 0 Å². The lowest BCUT2D eigenvalue weighted by molar-refractivity contribution is -0.384. The van der Waals surface area contributed by atoms with Gasteiger partial charge in [-0.2, -0.15) is 11.8 Å². The van der Waals surface area contributed by atoms with Crippen LogP contribution in [0.1, 0.15) is 31.9 Å². The molecule has 138 valence electrons. The van der Waals surface area contributed by atoms with Gasteiger partial charge in [-0.25, -0.2) is 4.79 Å². The number of hydrogen-bond donors (Lipinski definition) is 1. The van der Waals surface area contributed by atoms with Crippen LogP contribution >= 0.6 is 11.8 Å². The predicted molar refractivity (Wildman–Crippen MR) is 104 cm³/mol. The number of nitro groups is 1. The van der Waals surface area contributed by atoms with Crippen molar-refractivity contribution in [3.05, 3.63) is 69.8 Å². The summed E-state index contributed by atoms with van der Waals surface area (Å²) in [7, 11) is 0. The summed E-state index contributed by atoms with van der Waals surface area (Å²) in [5, 5.41) is 13.5.